The Balaban J connectivity index is 2.17. The van der Waals surface area contributed by atoms with Crippen LogP contribution in [0.1, 0.15) is 5.56 Å². The zero-order valence-corrected chi connectivity index (χ0v) is 9.47. The minimum atomic E-state index is -0.244. The molecule has 2 N–H and O–H groups in total. The normalized spacial score (nSPS) is 10.2. The summed E-state index contributed by atoms with van der Waals surface area (Å²) in [5, 5.41) is 0. The number of aromatic nitrogens is 2. The van der Waals surface area contributed by atoms with Crippen molar-refractivity contribution in [3.05, 3.63) is 48.2 Å². The number of hydrogen-bond donors (Lipinski definition) is 1. The van der Waals surface area contributed by atoms with E-state index in [9.17, 15) is 4.39 Å². The number of benzene rings is 1. The zero-order chi connectivity index (χ0) is 12.3. The third-order valence-corrected chi connectivity index (χ3v) is 2.39. The minimum Gasteiger partial charge on any atom is -0.394 e. The van der Waals surface area contributed by atoms with Crippen LogP contribution in [-0.4, -0.2) is 17.0 Å². The van der Waals surface area contributed by atoms with E-state index in [4.69, 9.17) is 5.73 Å². The topological polar surface area (TPSA) is 55.0 Å². The first-order valence-electron chi connectivity index (χ1n) is 5.18. The summed E-state index contributed by atoms with van der Waals surface area (Å²) >= 11 is 0. The summed E-state index contributed by atoms with van der Waals surface area (Å²) < 4.78 is 13.0. The van der Waals surface area contributed by atoms with E-state index in [2.05, 4.69) is 9.97 Å². The van der Waals surface area contributed by atoms with Crippen molar-refractivity contribution >= 4 is 11.5 Å². The van der Waals surface area contributed by atoms with Crippen molar-refractivity contribution in [3.63, 3.8) is 0 Å². The average molecular weight is 232 g/mol. The summed E-state index contributed by atoms with van der Waals surface area (Å²) in [6, 6.07) is 6.45. The molecule has 0 fully saturated rings. The van der Waals surface area contributed by atoms with Crippen molar-refractivity contribution in [2.45, 2.75) is 6.54 Å². The van der Waals surface area contributed by atoms with Crippen molar-refractivity contribution in [2.24, 2.45) is 0 Å². The Labute approximate surface area is 98.9 Å². The fraction of sp³-hybridized carbons (Fsp3) is 0.167. The molecule has 1 aromatic carbocycles. The molecule has 0 aliphatic carbocycles. The van der Waals surface area contributed by atoms with E-state index in [1.54, 1.807) is 12.3 Å². The summed E-state index contributed by atoms with van der Waals surface area (Å²) in [7, 11) is 1.85. The molecule has 17 heavy (non-hydrogen) atoms. The molecular formula is C12H13FN4. The van der Waals surface area contributed by atoms with E-state index in [1.807, 2.05) is 18.0 Å². The first-order valence-corrected chi connectivity index (χ1v) is 5.18. The SMILES string of the molecule is CN(Cc1cccc(F)c1)c1ncncc1N. The van der Waals surface area contributed by atoms with Gasteiger partial charge in [-0.25, -0.2) is 14.4 Å². The highest BCUT2D eigenvalue weighted by Crippen LogP contribution is 2.18. The van der Waals surface area contributed by atoms with Gasteiger partial charge in [-0.05, 0) is 17.7 Å². The third-order valence-electron chi connectivity index (χ3n) is 2.39. The molecule has 0 radical (unpaired) electrons. The lowest BCUT2D eigenvalue weighted by molar-refractivity contribution is 0.625. The van der Waals surface area contributed by atoms with Crippen LogP contribution in [0.4, 0.5) is 15.9 Å². The van der Waals surface area contributed by atoms with Crippen LogP contribution in [0.15, 0.2) is 36.8 Å². The minimum absolute atomic E-state index is 0.244. The van der Waals surface area contributed by atoms with Gasteiger partial charge < -0.3 is 10.6 Å². The van der Waals surface area contributed by atoms with Crippen molar-refractivity contribution in [1.82, 2.24) is 9.97 Å². The van der Waals surface area contributed by atoms with Gasteiger partial charge in [0, 0.05) is 13.6 Å². The van der Waals surface area contributed by atoms with Crippen molar-refractivity contribution in [2.75, 3.05) is 17.7 Å². The van der Waals surface area contributed by atoms with E-state index in [0.717, 1.165) is 5.56 Å². The molecule has 5 heteroatoms. The maximum Gasteiger partial charge on any atom is 0.155 e. The van der Waals surface area contributed by atoms with Crippen LogP contribution in [0.3, 0.4) is 0 Å². The van der Waals surface area contributed by atoms with Gasteiger partial charge in [0.05, 0.1) is 11.9 Å². The van der Waals surface area contributed by atoms with Gasteiger partial charge in [0.1, 0.15) is 12.1 Å². The summed E-state index contributed by atoms with van der Waals surface area (Å²) in [6.45, 7) is 0.541. The Morgan fingerprint density at radius 3 is 2.94 bits per heavy atom. The predicted octanol–water partition coefficient (Wildman–Crippen LogP) is 1.83. The molecule has 0 spiro atoms. The van der Waals surface area contributed by atoms with Gasteiger partial charge in [-0.1, -0.05) is 12.1 Å². The van der Waals surface area contributed by atoms with Gasteiger partial charge >= 0.3 is 0 Å². The van der Waals surface area contributed by atoms with Crippen molar-refractivity contribution in [3.8, 4) is 0 Å². The third kappa shape index (κ3) is 2.69. The number of nitrogen functional groups attached to an aromatic ring is 1. The van der Waals surface area contributed by atoms with Crippen LogP contribution in [0, 0.1) is 5.82 Å². The lowest BCUT2D eigenvalue weighted by Crippen LogP contribution is -2.19. The van der Waals surface area contributed by atoms with E-state index in [0.29, 0.717) is 18.1 Å². The highest BCUT2D eigenvalue weighted by molar-refractivity contribution is 5.60. The summed E-state index contributed by atoms with van der Waals surface area (Å²) in [4.78, 5) is 9.77. The molecule has 0 atom stereocenters. The van der Waals surface area contributed by atoms with E-state index >= 15 is 0 Å². The zero-order valence-electron chi connectivity index (χ0n) is 9.47. The molecule has 0 unspecified atom stereocenters. The van der Waals surface area contributed by atoms with Crippen LogP contribution in [0.2, 0.25) is 0 Å². The fourth-order valence-corrected chi connectivity index (χ4v) is 1.64. The Morgan fingerprint density at radius 1 is 1.41 bits per heavy atom. The smallest absolute Gasteiger partial charge is 0.155 e. The standard InChI is InChI=1S/C12H13FN4/c1-17(12-11(14)6-15-8-16-12)7-9-3-2-4-10(13)5-9/h2-6,8H,7,14H2,1H3. The number of hydrogen-bond acceptors (Lipinski definition) is 4. The number of anilines is 2. The van der Waals surface area contributed by atoms with E-state index in [-0.39, 0.29) is 5.82 Å². The van der Waals surface area contributed by atoms with Gasteiger partial charge in [-0.2, -0.15) is 0 Å². The van der Waals surface area contributed by atoms with Crippen LogP contribution in [0.25, 0.3) is 0 Å². The molecule has 88 valence electrons. The molecule has 1 heterocycles. The summed E-state index contributed by atoms with van der Waals surface area (Å²) in [5.41, 5.74) is 7.14. The quantitative estimate of drug-likeness (QED) is 0.877. The van der Waals surface area contributed by atoms with E-state index in [1.165, 1.54) is 18.5 Å². The fourth-order valence-electron chi connectivity index (χ4n) is 1.64. The van der Waals surface area contributed by atoms with Crippen LogP contribution in [0.5, 0.6) is 0 Å². The lowest BCUT2D eigenvalue weighted by Gasteiger charge is -2.19. The Morgan fingerprint density at radius 2 is 2.24 bits per heavy atom. The molecule has 4 nitrogen and oxygen atoms in total. The molecule has 2 rings (SSSR count). The van der Waals surface area contributed by atoms with Crippen molar-refractivity contribution in [1.29, 1.82) is 0 Å². The molecule has 0 saturated heterocycles. The van der Waals surface area contributed by atoms with Crippen LogP contribution < -0.4 is 10.6 Å². The molecule has 2 aromatic rings. The number of halogens is 1. The summed E-state index contributed by atoms with van der Waals surface area (Å²) in [5.74, 6) is 0.399. The first kappa shape index (κ1) is 11.3. The molecule has 1 aromatic heterocycles. The second kappa shape index (κ2) is 4.78. The van der Waals surface area contributed by atoms with Gasteiger partial charge in [-0.15, -0.1) is 0 Å². The highest BCUT2D eigenvalue weighted by atomic mass is 19.1. The molecule has 0 saturated carbocycles. The molecule has 0 bridgehead atoms. The van der Waals surface area contributed by atoms with Gasteiger partial charge in [-0.3, -0.25) is 0 Å². The Bertz CT molecular complexity index is 515. The predicted molar refractivity (Wildman–Crippen MR) is 65.0 cm³/mol. The van der Waals surface area contributed by atoms with Gasteiger partial charge in [0.15, 0.2) is 5.82 Å². The molecular weight excluding hydrogens is 219 g/mol. The lowest BCUT2D eigenvalue weighted by atomic mass is 10.2. The molecule has 0 aliphatic heterocycles. The average Bonchev–Trinajstić information content (AvgIpc) is 2.29. The Hall–Kier alpha value is -2.17. The molecule has 0 aliphatic rings. The number of nitrogens with two attached hydrogens (primary N) is 1. The monoisotopic (exact) mass is 232 g/mol. The number of rotatable bonds is 3. The van der Waals surface area contributed by atoms with Crippen molar-refractivity contribution < 1.29 is 4.39 Å². The van der Waals surface area contributed by atoms with Gasteiger partial charge in [0.25, 0.3) is 0 Å². The molecule has 0 amide bonds. The van der Waals surface area contributed by atoms with E-state index < -0.39 is 0 Å². The maximum atomic E-state index is 13.0. The maximum absolute atomic E-state index is 13.0. The van der Waals surface area contributed by atoms with Gasteiger partial charge in [0.2, 0.25) is 0 Å². The second-order valence-electron chi connectivity index (χ2n) is 3.79. The second-order valence-corrected chi connectivity index (χ2v) is 3.79. The largest absolute Gasteiger partial charge is 0.394 e. The highest BCUT2D eigenvalue weighted by Gasteiger charge is 2.07. The first-order chi connectivity index (χ1) is 8.16. The Kier molecular flexibility index (Phi) is 3.18. The van der Waals surface area contributed by atoms with Crippen LogP contribution >= 0.6 is 0 Å². The number of nitrogens with zero attached hydrogens (tertiary/aromatic N) is 3. The summed E-state index contributed by atoms with van der Waals surface area (Å²) in [6.07, 6.45) is 2.98. The van der Waals surface area contributed by atoms with Crippen LogP contribution in [-0.2, 0) is 6.54 Å².